The fraction of sp³-hybridized carbons (Fsp3) is 0.154. The van der Waals surface area contributed by atoms with Gasteiger partial charge in [0.2, 0.25) is 0 Å². The van der Waals surface area contributed by atoms with Crippen LogP contribution in [-0.2, 0) is 13.1 Å². The average Bonchev–Trinajstić information content (AvgIpc) is 3.18. The van der Waals surface area contributed by atoms with Gasteiger partial charge in [0.1, 0.15) is 0 Å². The molecule has 158 valence electrons. The van der Waals surface area contributed by atoms with Crippen LogP contribution in [0.25, 0.3) is 0 Å². The molecule has 0 aliphatic carbocycles. The third kappa shape index (κ3) is 2.95. The van der Waals surface area contributed by atoms with Crippen LogP contribution in [0.5, 0.6) is 0 Å². The summed E-state index contributed by atoms with van der Waals surface area (Å²) in [5.74, 6) is -1.17. The number of imide groups is 2. The lowest BCUT2D eigenvalue weighted by Crippen LogP contribution is -2.30. The molecule has 5 rings (SSSR count). The summed E-state index contributed by atoms with van der Waals surface area (Å²) in [7, 11) is 0. The lowest BCUT2D eigenvalue weighted by Gasteiger charge is -2.20. The van der Waals surface area contributed by atoms with Gasteiger partial charge in [-0.3, -0.25) is 29.0 Å². The molecule has 0 saturated carbocycles. The molecule has 0 unspecified atom stereocenters. The summed E-state index contributed by atoms with van der Waals surface area (Å²) in [6, 6.07) is 17.5. The maximum absolute atomic E-state index is 12.7. The monoisotopic (exact) mass is 424 g/mol. The van der Waals surface area contributed by atoms with E-state index < -0.39 is 0 Å². The minimum absolute atomic E-state index is 0.173. The summed E-state index contributed by atoms with van der Waals surface area (Å²) >= 11 is 0. The van der Waals surface area contributed by atoms with Crippen LogP contribution in [0.2, 0.25) is 0 Å². The summed E-state index contributed by atoms with van der Waals surface area (Å²) in [6.45, 7) is 4.15. The predicted octanol–water partition coefficient (Wildman–Crippen LogP) is 3.90. The number of carbonyl (C=O) groups excluding carboxylic acids is 4. The second kappa shape index (κ2) is 7.27. The SMILES string of the molecule is Cc1cc(CN2C(=O)c3ccccc3C2=O)c(C)cc1CN1C(=O)c2ccccc2C1=O. The van der Waals surface area contributed by atoms with E-state index in [0.29, 0.717) is 22.3 Å². The van der Waals surface area contributed by atoms with Gasteiger partial charge in [-0.1, -0.05) is 36.4 Å². The van der Waals surface area contributed by atoms with Crippen LogP contribution < -0.4 is 0 Å². The molecule has 6 nitrogen and oxygen atoms in total. The maximum Gasteiger partial charge on any atom is 0.261 e. The second-order valence-electron chi connectivity index (χ2n) is 8.19. The van der Waals surface area contributed by atoms with E-state index in [2.05, 4.69) is 0 Å². The number of carbonyl (C=O) groups is 4. The van der Waals surface area contributed by atoms with Crippen molar-refractivity contribution in [1.82, 2.24) is 9.80 Å². The Balaban J connectivity index is 1.39. The highest BCUT2D eigenvalue weighted by molar-refractivity contribution is 6.22. The van der Waals surface area contributed by atoms with Crippen molar-refractivity contribution in [3.05, 3.63) is 105 Å². The molecule has 4 amide bonds. The minimum Gasteiger partial charge on any atom is -0.270 e. The third-order valence-electron chi connectivity index (χ3n) is 6.21. The van der Waals surface area contributed by atoms with E-state index >= 15 is 0 Å². The molecule has 2 aliphatic heterocycles. The van der Waals surface area contributed by atoms with Crippen LogP contribution in [0.1, 0.15) is 63.7 Å². The van der Waals surface area contributed by atoms with Crippen molar-refractivity contribution in [2.75, 3.05) is 0 Å². The summed E-state index contributed by atoms with van der Waals surface area (Å²) < 4.78 is 0. The number of hydrogen-bond donors (Lipinski definition) is 0. The number of benzene rings is 3. The highest BCUT2D eigenvalue weighted by atomic mass is 16.2. The molecule has 2 heterocycles. The Morgan fingerprint density at radius 1 is 0.531 bits per heavy atom. The molecule has 0 N–H and O–H groups in total. The Bertz CT molecular complexity index is 1170. The molecule has 0 saturated heterocycles. The van der Waals surface area contributed by atoms with E-state index in [1.54, 1.807) is 48.5 Å². The van der Waals surface area contributed by atoms with Crippen molar-refractivity contribution in [1.29, 1.82) is 0 Å². The van der Waals surface area contributed by atoms with Gasteiger partial charge in [0.05, 0.1) is 35.3 Å². The van der Waals surface area contributed by atoms with Crippen LogP contribution in [0, 0.1) is 13.8 Å². The molecule has 3 aromatic carbocycles. The topological polar surface area (TPSA) is 74.8 Å². The zero-order valence-corrected chi connectivity index (χ0v) is 17.7. The summed E-state index contributed by atoms with van der Waals surface area (Å²) in [6.07, 6.45) is 0. The molecule has 0 atom stereocenters. The lowest BCUT2D eigenvalue weighted by atomic mass is 9.99. The number of nitrogens with zero attached hydrogens (tertiary/aromatic N) is 2. The van der Waals surface area contributed by atoms with Gasteiger partial charge in [-0.05, 0) is 60.4 Å². The standard InChI is InChI=1S/C26H20N2O4/c1-15-11-18(14-28-25(31)21-9-5-6-10-22(21)26(28)32)16(2)12-17(15)13-27-23(29)19-7-3-4-8-20(19)24(27)30/h3-12H,13-14H2,1-2H3. The maximum atomic E-state index is 12.7. The number of aryl methyl sites for hydroxylation is 2. The van der Waals surface area contributed by atoms with E-state index in [4.69, 9.17) is 0 Å². The molecule has 0 bridgehead atoms. The largest absolute Gasteiger partial charge is 0.270 e. The van der Waals surface area contributed by atoms with Gasteiger partial charge >= 0.3 is 0 Å². The van der Waals surface area contributed by atoms with Crippen LogP contribution in [-0.4, -0.2) is 33.4 Å². The molecule has 6 heteroatoms. The number of hydrogen-bond acceptors (Lipinski definition) is 4. The molecular weight excluding hydrogens is 404 g/mol. The molecule has 32 heavy (non-hydrogen) atoms. The highest BCUT2D eigenvalue weighted by Gasteiger charge is 2.36. The van der Waals surface area contributed by atoms with Crippen molar-refractivity contribution >= 4 is 23.6 Å². The summed E-state index contributed by atoms with van der Waals surface area (Å²) in [5, 5.41) is 0. The predicted molar refractivity (Wildman–Crippen MR) is 117 cm³/mol. The Hall–Kier alpha value is -4.06. The highest BCUT2D eigenvalue weighted by Crippen LogP contribution is 2.28. The van der Waals surface area contributed by atoms with Gasteiger partial charge in [-0.2, -0.15) is 0 Å². The number of amides is 4. The Kier molecular flexibility index (Phi) is 4.51. The zero-order chi connectivity index (χ0) is 22.6. The first-order valence-electron chi connectivity index (χ1n) is 10.4. The van der Waals surface area contributed by atoms with E-state index in [-0.39, 0.29) is 36.7 Å². The zero-order valence-electron chi connectivity index (χ0n) is 17.7. The Labute approximate surface area is 185 Å². The smallest absolute Gasteiger partial charge is 0.261 e. The second-order valence-corrected chi connectivity index (χ2v) is 8.19. The fourth-order valence-corrected chi connectivity index (χ4v) is 4.38. The lowest BCUT2D eigenvalue weighted by molar-refractivity contribution is 0.0625. The summed E-state index contributed by atoms with van der Waals surface area (Å²) in [4.78, 5) is 53.4. The van der Waals surface area contributed by atoms with Crippen LogP contribution in [0.15, 0.2) is 60.7 Å². The molecule has 0 fully saturated rings. The molecule has 0 aromatic heterocycles. The van der Waals surface area contributed by atoms with Crippen molar-refractivity contribution in [2.45, 2.75) is 26.9 Å². The molecule has 3 aromatic rings. The first kappa shape index (κ1) is 19.9. The van der Waals surface area contributed by atoms with E-state index in [1.165, 1.54) is 9.80 Å². The van der Waals surface area contributed by atoms with E-state index in [9.17, 15) is 19.2 Å². The first-order chi connectivity index (χ1) is 15.4. The first-order valence-corrected chi connectivity index (χ1v) is 10.4. The Morgan fingerprint density at radius 3 is 1.09 bits per heavy atom. The van der Waals surface area contributed by atoms with Gasteiger partial charge in [0.15, 0.2) is 0 Å². The fourth-order valence-electron chi connectivity index (χ4n) is 4.38. The van der Waals surface area contributed by atoms with E-state index in [1.807, 2.05) is 26.0 Å². The van der Waals surface area contributed by atoms with Crippen molar-refractivity contribution < 1.29 is 19.2 Å². The van der Waals surface area contributed by atoms with Gasteiger partial charge in [-0.15, -0.1) is 0 Å². The number of fused-ring (bicyclic) bond motifs is 2. The Morgan fingerprint density at radius 2 is 0.812 bits per heavy atom. The quantitative estimate of drug-likeness (QED) is 0.596. The minimum atomic E-state index is -0.294. The van der Waals surface area contributed by atoms with Crippen molar-refractivity contribution in [2.24, 2.45) is 0 Å². The van der Waals surface area contributed by atoms with Gasteiger partial charge in [0, 0.05) is 0 Å². The van der Waals surface area contributed by atoms with Gasteiger partial charge < -0.3 is 0 Å². The molecule has 0 spiro atoms. The van der Waals surface area contributed by atoms with Gasteiger partial charge in [0.25, 0.3) is 23.6 Å². The number of rotatable bonds is 4. The van der Waals surface area contributed by atoms with Crippen molar-refractivity contribution in [3.8, 4) is 0 Å². The molecular formula is C26H20N2O4. The van der Waals surface area contributed by atoms with E-state index in [0.717, 1.165) is 22.3 Å². The van der Waals surface area contributed by atoms with Crippen LogP contribution >= 0.6 is 0 Å². The van der Waals surface area contributed by atoms with Gasteiger partial charge in [-0.25, -0.2) is 0 Å². The third-order valence-corrected chi connectivity index (χ3v) is 6.21. The van der Waals surface area contributed by atoms with Crippen LogP contribution in [0.3, 0.4) is 0 Å². The normalized spacial score (nSPS) is 14.9. The average molecular weight is 424 g/mol. The van der Waals surface area contributed by atoms with Crippen molar-refractivity contribution in [3.63, 3.8) is 0 Å². The summed E-state index contributed by atoms with van der Waals surface area (Å²) in [5.41, 5.74) is 5.18. The molecule has 0 radical (unpaired) electrons. The molecule has 2 aliphatic rings. The van der Waals surface area contributed by atoms with Crippen LogP contribution in [0.4, 0.5) is 0 Å².